The van der Waals surface area contributed by atoms with E-state index in [0.717, 1.165) is 0 Å². The van der Waals surface area contributed by atoms with E-state index in [1.807, 2.05) is 0 Å². The van der Waals surface area contributed by atoms with Crippen molar-refractivity contribution in [2.45, 2.75) is 18.3 Å². The van der Waals surface area contributed by atoms with Crippen LogP contribution in [0.3, 0.4) is 0 Å². The van der Waals surface area contributed by atoms with Crippen LogP contribution in [0.5, 0.6) is 11.5 Å². The monoisotopic (exact) mass is 597 g/mol. The second-order valence-electron chi connectivity index (χ2n) is 7.65. The van der Waals surface area contributed by atoms with Crippen LogP contribution >= 0.6 is 31.7 Å². The number of ether oxygens (including phenoxy) is 3. The highest BCUT2D eigenvalue weighted by atomic mass is 35.5. The number of halogens is 2. The van der Waals surface area contributed by atoms with Crippen LogP contribution in [0.2, 0.25) is 10.0 Å². The van der Waals surface area contributed by atoms with Gasteiger partial charge in [0.1, 0.15) is 18.0 Å². The minimum atomic E-state index is -4.63. The smallest absolute Gasteiger partial charge is 0.426 e. The number of amides is 1. The number of rotatable bonds is 11. The average Bonchev–Trinajstić information content (AvgIpc) is 2.89. The SMILES string of the molecule is CCOC(=O)CN(C(=O)S(=O)(=O)Cc1ccccc1)C(Oc1ccc(Cl)cc1)(Oc1ccc(Cl)cc1)P=O. The molecule has 1 amide bonds. The molecule has 3 aromatic carbocycles. The molecule has 0 bridgehead atoms. The fraction of sp³-hybridized carbons (Fsp3) is 0.200. The Balaban J connectivity index is 2.13. The lowest BCUT2D eigenvalue weighted by molar-refractivity contribution is -0.158. The van der Waals surface area contributed by atoms with Gasteiger partial charge in [-0.05, 0) is 61.0 Å². The van der Waals surface area contributed by atoms with Gasteiger partial charge in [-0.1, -0.05) is 53.5 Å². The van der Waals surface area contributed by atoms with Gasteiger partial charge in [-0.3, -0.25) is 14.2 Å². The average molecular weight is 598 g/mol. The third kappa shape index (κ3) is 7.68. The summed E-state index contributed by atoms with van der Waals surface area (Å²) in [5, 5.41) is -0.863. The number of esters is 1. The number of carbonyl (C=O) groups is 2. The van der Waals surface area contributed by atoms with Gasteiger partial charge in [0.05, 0.1) is 12.4 Å². The van der Waals surface area contributed by atoms with E-state index >= 15 is 0 Å². The van der Waals surface area contributed by atoms with Gasteiger partial charge in [0, 0.05) is 10.0 Å². The van der Waals surface area contributed by atoms with Crippen molar-refractivity contribution in [1.29, 1.82) is 0 Å². The number of benzene rings is 3. The zero-order chi connectivity index (χ0) is 27.8. The third-order valence-electron chi connectivity index (χ3n) is 4.86. The van der Waals surface area contributed by atoms with E-state index < -0.39 is 47.5 Å². The number of hydrogen-bond donors (Lipinski definition) is 0. The molecule has 0 saturated carbocycles. The fourth-order valence-corrected chi connectivity index (χ4v) is 5.31. The van der Waals surface area contributed by atoms with Crippen molar-refractivity contribution in [2.24, 2.45) is 0 Å². The molecule has 0 aliphatic heterocycles. The molecule has 0 aliphatic carbocycles. The lowest BCUT2D eigenvalue weighted by Gasteiger charge is -2.36. The highest BCUT2D eigenvalue weighted by Crippen LogP contribution is 2.36. The Bertz CT molecular complexity index is 1320. The summed E-state index contributed by atoms with van der Waals surface area (Å²) in [6, 6.07) is 19.3. The molecule has 3 rings (SSSR count). The van der Waals surface area contributed by atoms with Crippen molar-refractivity contribution >= 4 is 52.7 Å². The van der Waals surface area contributed by atoms with Gasteiger partial charge in [0.15, 0.2) is 0 Å². The molecule has 0 aromatic heterocycles. The molecule has 0 saturated heterocycles. The van der Waals surface area contributed by atoms with Gasteiger partial charge in [-0.2, -0.15) is 0 Å². The lowest BCUT2D eigenvalue weighted by atomic mass is 10.2. The first-order valence-electron chi connectivity index (χ1n) is 11.1. The van der Waals surface area contributed by atoms with E-state index in [1.165, 1.54) is 67.6 Å². The number of sulfone groups is 1. The summed E-state index contributed by atoms with van der Waals surface area (Å²) in [5.74, 6) is -1.66. The zero-order valence-electron chi connectivity index (χ0n) is 20.0. The summed E-state index contributed by atoms with van der Waals surface area (Å²) in [6.45, 7) is 0.511. The molecule has 9 nitrogen and oxygen atoms in total. The largest absolute Gasteiger partial charge is 0.465 e. The predicted molar refractivity (Wildman–Crippen MR) is 142 cm³/mol. The summed E-state index contributed by atoms with van der Waals surface area (Å²) in [4.78, 5) is 26.5. The number of hydrogen-bond acceptors (Lipinski definition) is 8. The Labute approximate surface area is 231 Å². The number of carbonyl (C=O) groups excluding carboxylic acids is 2. The molecule has 0 fully saturated rings. The molecular weight excluding hydrogens is 576 g/mol. The van der Waals surface area contributed by atoms with Crippen LogP contribution in [-0.4, -0.2) is 43.3 Å². The maximum atomic E-state index is 13.6. The van der Waals surface area contributed by atoms with E-state index in [2.05, 4.69) is 0 Å². The summed E-state index contributed by atoms with van der Waals surface area (Å²) in [5.41, 5.74) is -2.34. The molecule has 0 aliphatic rings. The lowest BCUT2D eigenvalue weighted by Crippen LogP contribution is -2.59. The first-order valence-corrected chi connectivity index (χ1v) is 14.3. The maximum Gasteiger partial charge on any atom is 0.426 e. The summed E-state index contributed by atoms with van der Waals surface area (Å²) >= 11 is 11.9. The molecule has 13 heteroatoms. The Hall–Kier alpha value is -3.17. The molecule has 38 heavy (non-hydrogen) atoms. The number of nitrogens with zero attached hydrogens (tertiary/aromatic N) is 1. The van der Waals surface area contributed by atoms with E-state index in [0.29, 0.717) is 20.5 Å². The van der Waals surface area contributed by atoms with Crippen LogP contribution in [0.15, 0.2) is 78.9 Å². The van der Waals surface area contributed by atoms with Crippen LogP contribution in [-0.2, 0) is 29.7 Å². The third-order valence-corrected chi connectivity index (χ3v) is 7.49. The molecule has 0 radical (unpaired) electrons. The molecular formula is C25H22Cl2NO8PS. The van der Waals surface area contributed by atoms with Crippen molar-refractivity contribution in [3.63, 3.8) is 0 Å². The second kappa shape index (κ2) is 13.1. The van der Waals surface area contributed by atoms with Crippen molar-refractivity contribution in [1.82, 2.24) is 4.90 Å². The highest BCUT2D eigenvalue weighted by Gasteiger charge is 2.51. The van der Waals surface area contributed by atoms with E-state index in [4.69, 9.17) is 37.4 Å². The molecule has 0 unspecified atom stereocenters. The Kier molecular flexibility index (Phi) is 10.1. The van der Waals surface area contributed by atoms with Gasteiger partial charge < -0.3 is 14.2 Å². The Morgan fingerprint density at radius 2 is 1.37 bits per heavy atom. The van der Waals surface area contributed by atoms with Crippen LogP contribution < -0.4 is 9.47 Å². The summed E-state index contributed by atoms with van der Waals surface area (Å²) in [7, 11) is -5.65. The van der Waals surface area contributed by atoms with Gasteiger partial charge >= 0.3 is 16.9 Å². The standard InChI is InChI=1S/C25H22Cl2NO8PS/c1-2-34-23(29)16-28(24(30)38(32,33)17-18-6-4-3-5-7-18)25(37-31,35-21-12-8-19(26)9-13-21)36-22-14-10-20(27)11-15-22/h3-15H,2,16-17H2,1H3. The molecule has 3 aromatic rings. The quantitative estimate of drug-likeness (QED) is 0.151. The Morgan fingerprint density at radius 3 is 1.82 bits per heavy atom. The van der Waals surface area contributed by atoms with Crippen molar-refractivity contribution in [2.75, 3.05) is 13.2 Å². The molecule has 0 heterocycles. The minimum absolute atomic E-state index is 0.00818. The van der Waals surface area contributed by atoms with Crippen molar-refractivity contribution < 1.29 is 36.8 Å². The van der Waals surface area contributed by atoms with Gasteiger partial charge in [0.25, 0.3) is 8.46 Å². The highest BCUT2D eigenvalue weighted by molar-refractivity contribution is 8.05. The van der Waals surface area contributed by atoms with Gasteiger partial charge in [0.2, 0.25) is 9.84 Å². The van der Waals surface area contributed by atoms with Gasteiger partial charge in [-0.25, -0.2) is 13.3 Å². The first kappa shape index (κ1) is 29.4. The zero-order valence-corrected chi connectivity index (χ0v) is 23.2. The van der Waals surface area contributed by atoms with Crippen molar-refractivity contribution in [3.05, 3.63) is 94.5 Å². The fourth-order valence-electron chi connectivity index (χ4n) is 3.17. The molecule has 0 atom stereocenters. The molecule has 0 spiro atoms. The van der Waals surface area contributed by atoms with E-state index in [-0.39, 0.29) is 18.1 Å². The van der Waals surface area contributed by atoms with Crippen LogP contribution in [0.4, 0.5) is 4.79 Å². The van der Waals surface area contributed by atoms with Crippen LogP contribution in [0.1, 0.15) is 12.5 Å². The van der Waals surface area contributed by atoms with Gasteiger partial charge in [-0.15, -0.1) is 0 Å². The van der Waals surface area contributed by atoms with Crippen LogP contribution in [0, 0.1) is 0 Å². The maximum absolute atomic E-state index is 13.6. The Morgan fingerprint density at radius 1 is 0.868 bits per heavy atom. The van der Waals surface area contributed by atoms with E-state index in [1.54, 1.807) is 18.2 Å². The van der Waals surface area contributed by atoms with Crippen LogP contribution in [0.25, 0.3) is 0 Å². The normalized spacial score (nSPS) is 11.6. The summed E-state index contributed by atoms with van der Waals surface area (Å²) in [6.07, 6.45) is 0. The topological polar surface area (TPSA) is 116 Å². The second-order valence-corrected chi connectivity index (χ2v) is 11.1. The predicted octanol–water partition coefficient (Wildman–Crippen LogP) is 5.95. The summed E-state index contributed by atoms with van der Waals surface area (Å²) < 4.78 is 55.9. The minimum Gasteiger partial charge on any atom is -0.465 e. The van der Waals surface area contributed by atoms with Crippen molar-refractivity contribution in [3.8, 4) is 11.5 Å². The molecule has 200 valence electrons. The van der Waals surface area contributed by atoms with E-state index in [9.17, 15) is 22.6 Å². The first-order chi connectivity index (χ1) is 18.1. The molecule has 0 N–H and O–H groups in total.